The Hall–Kier alpha value is -2.08. The highest BCUT2D eigenvalue weighted by Gasteiger charge is 2.43. The van der Waals surface area contributed by atoms with Gasteiger partial charge in [-0.1, -0.05) is 5.16 Å². The van der Waals surface area contributed by atoms with E-state index in [1.165, 1.54) is 0 Å². The molecule has 1 fully saturated rings. The summed E-state index contributed by atoms with van der Waals surface area (Å²) in [6.45, 7) is 1.94. The molecule has 112 valence electrons. The lowest BCUT2D eigenvalue weighted by molar-refractivity contribution is 0.273. The molecule has 3 rings (SSSR count). The largest absolute Gasteiger partial charge is 0.497 e. The lowest BCUT2D eigenvalue weighted by Crippen LogP contribution is -2.35. The van der Waals surface area contributed by atoms with Crippen LogP contribution < -0.4 is 15.2 Å². The summed E-state index contributed by atoms with van der Waals surface area (Å²) in [5.74, 6) is 2.73. The molecular formula is C15H19N3O3. The molecule has 0 aliphatic heterocycles. The SMILES string of the molecule is COc1cc(OC)cc(-c2noc(C(C)(N)C3CC3)n2)c1. The van der Waals surface area contributed by atoms with Crippen LogP contribution in [-0.4, -0.2) is 24.4 Å². The second kappa shape index (κ2) is 5.04. The molecule has 1 aliphatic rings. The summed E-state index contributed by atoms with van der Waals surface area (Å²) in [5.41, 5.74) is 6.51. The first-order chi connectivity index (χ1) is 10.0. The lowest BCUT2D eigenvalue weighted by Gasteiger charge is -2.18. The quantitative estimate of drug-likeness (QED) is 0.909. The molecule has 21 heavy (non-hydrogen) atoms. The van der Waals surface area contributed by atoms with Gasteiger partial charge in [0.1, 0.15) is 11.5 Å². The maximum absolute atomic E-state index is 6.30. The van der Waals surface area contributed by atoms with Crippen LogP contribution in [-0.2, 0) is 5.54 Å². The van der Waals surface area contributed by atoms with Crippen LogP contribution in [0.25, 0.3) is 11.4 Å². The van der Waals surface area contributed by atoms with Crippen LogP contribution in [0, 0.1) is 5.92 Å². The van der Waals surface area contributed by atoms with Crippen LogP contribution in [0.4, 0.5) is 0 Å². The standard InChI is InChI=1S/C15H19N3O3/c1-15(16,10-4-5-10)14-17-13(18-21-14)9-6-11(19-2)8-12(7-9)20-3/h6-8,10H,4-5,16H2,1-3H3. The van der Waals surface area contributed by atoms with E-state index in [-0.39, 0.29) is 0 Å². The van der Waals surface area contributed by atoms with Gasteiger partial charge in [-0.25, -0.2) is 0 Å². The van der Waals surface area contributed by atoms with Crippen LogP contribution in [0.5, 0.6) is 11.5 Å². The average Bonchev–Trinajstić information content (AvgIpc) is 3.24. The third kappa shape index (κ3) is 2.58. The molecule has 1 aromatic carbocycles. The molecule has 2 N–H and O–H groups in total. The van der Waals surface area contributed by atoms with E-state index in [4.69, 9.17) is 19.7 Å². The van der Waals surface area contributed by atoms with Gasteiger partial charge in [0.25, 0.3) is 0 Å². The number of nitrogens with two attached hydrogens (primary N) is 1. The van der Waals surface area contributed by atoms with Crippen molar-refractivity contribution in [2.24, 2.45) is 11.7 Å². The molecule has 6 heteroatoms. The second-order valence-electron chi connectivity index (χ2n) is 5.58. The highest BCUT2D eigenvalue weighted by Crippen LogP contribution is 2.43. The zero-order valence-corrected chi connectivity index (χ0v) is 12.4. The van der Waals surface area contributed by atoms with Crippen molar-refractivity contribution < 1.29 is 14.0 Å². The van der Waals surface area contributed by atoms with E-state index in [9.17, 15) is 0 Å². The van der Waals surface area contributed by atoms with Crippen molar-refractivity contribution in [1.82, 2.24) is 10.1 Å². The van der Waals surface area contributed by atoms with Crippen molar-refractivity contribution in [1.29, 1.82) is 0 Å². The Bertz CT molecular complexity index is 625. The van der Waals surface area contributed by atoms with Gasteiger partial charge in [-0.15, -0.1) is 0 Å². The minimum Gasteiger partial charge on any atom is -0.497 e. The van der Waals surface area contributed by atoms with E-state index in [1.807, 2.05) is 19.1 Å². The van der Waals surface area contributed by atoms with Gasteiger partial charge in [-0.05, 0) is 37.8 Å². The number of benzene rings is 1. The van der Waals surface area contributed by atoms with Gasteiger partial charge in [-0.2, -0.15) is 4.98 Å². The fourth-order valence-electron chi connectivity index (χ4n) is 2.35. The van der Waals surface area contributed by atoms with E-state index in [2.05, 4.69) is 10.1 Å². The summed E-state index contributed by atoms with van der Waals surface area (Å²) in [6.07, 6.45) is 2.22. The minimum absolute atomic E-state index is 0.422. The Morgan fingerprint density at radius 1 is 1.19 bits per heavy atom. The number of hydrogen-bond acceptors (Lipinski definition) is 6. The topological polar surface area (TPSA) is 83.4 Å². The molecular weight excluding hydrogens is 270 g/mol. The normalized spacial score (nSPS) is 17.3. The highest BCUT2D eigenvalue weighted by molar-refractivity contribution is 5.60. The molecule has 0 bridgehead atoms. The van der Waals surface area contributed by atoms with Crippen molar-refractivity contribution in [2.45, 2.75) is 25.3 Å². The predicted molar refractivity (Wildman–Crippen MR) is 77.1 cm³/mol. The predicted octanol–water partition coefficient (Wildman–Crippen LogP) is 2.34. The van der Waals surface area contributed by atoms with Crippen molar-refractivity contribution in [2.75, 3.05) is 14.2 Å². The van der Waals surface area contributed by atoms with Crippen molar-refractivity contribution >= 4 is 0 Å². The molecule has 1 heterocycles. The molecule has 1 unspecified atom stereocenters. The Kier molecular flexibility index (Phi) is 3.33. The number of nitrogens with zero attached hydrogens (tertiary/aromatic N) is 2. The number of aromatic nitrogens is 2. The summed E-state index contributed by atoms with van der Waals surface area (Å²) in [6, 6.07) is 5.46. The Balaban J connectivity index is 1.96. The van der Waals surface area contributed by atoms with Gasteiger partial charge < -0.3 is 19.7 Å². The summed E-state index contributed by atoms with van der Waals surface area (Å²) in [4.78, 5) is 4.45. The van der Waals surface area contributed by atoms with E-state index < -0.39 is 5.54 Å². The molecule has 1 atom stereocenters. The number of ether oxygens (including phenoxy) is 2. The Morgan fingerprint density at radius 3 is 2.33 bits per heavy atom. The summed E-state index contributed by atoms with van der Waals surface area (Å²) >= 11 is 0. The molecule has 0 amide bonds. The number of hydrogen-bond donors (Lipinski definition) is 1. The molecule has 2 aromatic rings. The third-order valence-electron chi connectivity index (χ3n) is 3.92. The van der Waals surface area contributed by atoms with Gasteiger partial charge in [0.15, 0.2) is 0 Å². The molecule has 0 radical (unpaired) electrons. The first-order valence-corrected chi connectivity index (χ1v) is 6.91. The van der Waals surface area contributed by atoms with Crippen LogP contribution in [0.1, 0.15) is 25.7 Å². The smallest absolute Gasteiger partial charge is 0.247 e. The van der Waals surface area contributed by atoms with Crippen molar-refractivity contribution in [3.8, 4) is 22.9 Å². The van der Waals surface area contributed by atoms with Gasteiger partial charge in [0.05, 0.1) is 19.8 Å². The van der Waals surface area contributed by atoms with E-state index in [0.29, 0.717) is 29.1 Å². The molecule has 1 aliphatic carbocycles. The Labute approximate surface area is 123 Å². The first-order valence-electron chi connectivity index (χ1n) is 6.91. The van der Waals surface area contributed by atoms with Crippen LogP contribution in [0.2, 0.25) is 0 Å². The number of methoxy groups -OCH3 is 2. The third-order valence-corrected chi connectivity index (χ3v) is 3.92. The zero-order valence-electron chi connectivity index (χ0n) is 12.4. The maximum Gasteiger partial charge on any atom is 0.247 e. The molecule has 0 saturated heterocycles. The highest BCUT2D eigenvalue weighted by atomic mass is 16.5. The Morgan fingerprint density at radius 2 is 1.81 bits per heavy atom. The van der Waals surface area contributed by atoms with Crippen LogP contribution >= 0.6 is 0 Å². The van der Waals surface area contributed by atoms with Gasteiger partial charge >= 0.3 is 0 Å². The molecule has 1 aromatic heterocycles. The summed E-state index contributed by atoms with van der Waals surface area (Å²) in [7, 11) is 3.20. The lowest BCUT2D eigenvalue weighted by atomic mass is 9.97. The fraction of sp³-hybridized carbons (Fsp3) is 0.467. The fourth-order valence-corrected chi connectivity index (χ4v) is 2.35. The van der Waals surface area contributed by atoms with E-state index >= 15 is 0 Å². The number of rotatable bonds is 5. The second-order valence-corrected chi connectivity index (χ2v) is 5.58. The van der Waals surface area contributed by atoms with Gasteiger partial charge in [0, 0.05) is 11.6 Å². The monoisotopic (exact) mass is 289 g/mol. The minimum atomic E-state index is -0.561. The molecule has 6 nitrogen and oxygen atoms in total. The van der Waals surface area contributed by atoms with E-state index in [1.54, 1.807) is 20.3 Å². The maximum atomic E-state index is 6.30. The van der Waals surface area contributed by atoms with Gasteiger partial charge in [-0.3, -0.25) is 0 Å². The summed E-state index contributed by atoms with van der Waals surface area (Å²) in [5, 5.41) is 4.04. The zero-order chi connectivity index (χ0) is 15.0. The summed E-state index contributed by atoms with van der Waals surface area (Å²) < 4.78 is 15.9. The van der Waals surface area contributed by atoms with Crippen LogP contribution in [0.3, 0.4) is 0 Å². The van der Waals surface area contributed by atoms with Gasteiger partial charge in [0.2, 0.25) is 11.7 Å². The van der Waals surface area contributed by atoms with E-state index in [0.717, 1.165) is 18.4 Å². The van der Waals surface area contributed by atoms with Crippen molar-refractivity contribution in [3.63, 3.8) is 0 Å². The molecule has 0 spiro atoms. The average molecular weight is 289 g/mol. The molecule has 1 saturated carbocycles. The van der Waals surface area contributed by atoms with Crippen LogP contribution in [0.15, 0.2) is 22.7 Å². The van der Waals surface area contributed by atoms with Crippen molar-refractivity contribution in [3.05, 3.63) is 24.1 Å². The first kappa shape index (κ1) is 13.9.